The Hall–Kier alpha value is -3.23. The lowest BCUT2D eigenvalue weighted by Crippen LogP contribution is -2.40. The zero-order chi connectivity index (χ0) is 20.5. The van der Waals surface area contributed by atoms with Crippen LogP contribution in [0.3, 0.4) is 0 Å². The Morgan fingerprint density at radius 1 is 1.00 bits per heavy atom. The molecule has 0 aliphatic rings. The lowest BCUT2D eigenvalue weighted by molar-refractivity contribution is -0.137. The van der Waals surface area contributed by atoms with Crippen molar-refractivity contribution in [2.24, 2.45) is 0 Å². The smallest absolute Gasteiger partial charge is 0.347 e. The van der Waals surface area contributed by atoms with Gasteiger partial charge in [0.25, 0.3) is 5.91 Å². The van der Waals surface area contributed by atoms with Gasteiger partial charge in [-0.15, -0.1) is 5.10 Å². The van der Waals surface area contributed by atoms with E-state index in [2.05, 4.69) is 20.8 Å². The number of aromatic nitrogens is 4. The van der Waals surface area contributed by atoms with Crippen LogP contribution >= 0.6 is 0 Å². The number of nitrogens with zero attached hydrogens (tertiary/aromatic N) is 4. The number of carbonyl (C=O) groups is 1. The van der Waals surface area contributed by atoms with E-state index in [0.717, 1.165) is 12.1 Å². The zero-order valence-electron chi connectivity index (χ0n) is 15.4. The lowest BCUT2D eigenvalue weighted by Gasteiger charge is -2.21. The van der Waals surface area contributed by atoms with Crippen molar-refractivity contribution in [3.8, 4) is 16.8 Å². The van der Waals surface area contributed by atoms with Crippen LogP contribution in [0.15, 0.2) is 48.8 Å². The number of amides is 1. The van der Waals surface area contributed by atoms with Gasteiger partial charge in [0.15, 0.2) is 0 Å². The molecule has 2 aromatic carbocycles. The van der Waals surface area contributed by atoms with E-state index in [1.807, 2.05) is 20.8 Å². The summed E-state index contributed by atoms with van der Waals surface area (Å²) in [6, 6.07) is 9.69. The molecule has 28 heavy (non-hydrogen) atoms. The maximum absolute atomic E-state index is 12.8. The van der Waals surface area contributed by atoms with Crippen LogP contribution in [0.25, 0.3) is 16.8 Å². The Morgan fingerprint density at radius 2 is 1.68 bits per heavy atom. The molecular formula is C19H18F3N5O. The average Bonchev–Trinajstić information content (AvgIpc) is 3.14. The number of benzene rings is 2. The van der Waals surface area contributed by atoms with Crippen LogP contribution in [0.2, 0.25) is 0 Å². The number of hydrogen-bond acceptors (Lipinski definition) is 4. The molecule has 0 aliphatic heterocycles. The lowest BCUT2D eigenvalue weighted by atomic mass is 9.99. The minimum atomic E-state index is -4.41. The molecule has 0 bridgehead atoms. The molecule has 1 amide bonds. The highest BCUT2D eigenvalue weighted by atomic mass is 19.4. The molecule has 0 saturated heterocycles. The Kier molecular flexibility index (Phi) is 4.93. The second kappa shape index (κ2) is 7.06. The second-order valence-electron chi connectivity index (χ2n) is 7.30. The Morgan fingerprint density at radius 3 is 2.21 bits per heavy atom. The van der Waals surface area contributed by atoms with E-state index in [1.54, 1.807) is 18.2 Å². The van der Waals surface area contributed by atoms with Crippen molar-refractivity contribution in [3.63, 3.8) is 0 Å². The molecule has 0 saturated carbocycles. The first-order valence-electron chi connectivity index (χ1n) is 8.41. The van der Waals surface area contributed by atoms with Crippen molar-refractivity contribution in [2.75, 3.05) is 0 Å². The normalized spacial score (nSPS) is 12.1. The maximum atomic E-state index is 12.8. The van der Waals surface area contributed by atoms with Crippen molar-refractivity contribution >= 4 is 5.91 Å². The van der Waals surface area contributed by atoms with E-state index in [0.29, 0.717) is 22.4 Å². The summed E-state index contributed by atoms with van der Waals surface area (Å²) >= 11 is 0. The van der Waals surface area contributed by atoms with Gasteiger partial charge >= 0.3 is 6.18 Å². The minimum absolute atomic E-state index is 0.310. The predicted molar refractivity (Wildman–Crippen MR) is 96.8 cm³/mol. The molecule has 6 nitrogen and oxygen atoms in total. The molecular weight excluding hydrogens is 371 g/mol. The van der Waals surface area contributed by atoms with Crippen LogP contribution in [-0.4, -0.2) is 31.7 Å². The molecule has 1 N–H and O–H groups in total. The summed E-state index contributed by atoms with van der Waals surface area (Å²) in [7, 11) is 0. The highest BCUT2D eigenvalue weighted by molar-refractivity contribution is 5.96. The summed E-state index contributed by atoms with van der Waals surface area (Å²) < 4.78 is 39.8. The summed E-state index contributed by atoms with van der Waals surface area (Å²) in [5.74, 6) is -0.310. The molecule has 3 rings (SSSR count). The largest absolute Gasteiger partial charge is 0.416 e. The highest BCUT2D eigenvalue weighted by Crippen LogP contribution is 2.31. The van der Waals surface area contributed by atoms with Crippen molar-refractivity contribution in [2.45, 2.75) is 32.5 Å². The van der Waals surface area contributed by atoms with Crippen LogP contribution in [0.5, 0.6) is 0 Å². The molecule has 146 valence electrons. The molecule has 0 atom stereocenters. The number of tetrazole rings is 1. The first kappa shape index (κ1) is 19.5. The van der Waals surface area contributed by atoms with Crippen LogP contribution in [0, 0.1) is 0 Å². The second-order valence-corrected chi connectivity index (χ2v) is 7.30. The summed E-state index contributed by atoms with van der Waals surface area (Å²) in [4.78, 5) is 12.6. The quantitative estimate of drug-likeness (QED) is 0.738. The highest BCUT2D eigenvalue weighted by Gasteiger charge is 2.30. The number of hydrogen-bond donors (Lipinski definition) is 1. The Labute approximate surface area is 159 Å². The van der Waals surface area contributed by atoms with E-state index in [9.17, 15) is 18.0 Å². The molecule has 0 unspecified atom stereocenters. The summed E-state index contributed by atoms with van der Waals surface area (Å²) in [5.41, 5.74) is 0.780. The molecule has 3 aromatic rings. The van der Waals surface area contributed by atoms with Gasteiger partial charge in [-0.2, -0.15) is 13.2 Å². The predicted octanol–water partition coefficient (Wildman–Crippen LogP) is 3.88. The summed E-state index contributed by atoms with van der Waals surface area (Å²) in [5, 5.41) is 13.8. The number of halogens is 3. The van der Waals surface area contributed by atoms with E-state index < -0.39 is 17.3 Å². The Balaban J connectivity index is 2.06. The molecule has 0 fully saturated rings. The number of nitrogens with one attached hydrogen (secondary N) is 1. The van der Waals surface area contributed by atoms with E-state index in [4.69, 9.17) is 0 Å². The van der Waals surface area contributed by atoms with Crippen molar-refractivity contribution in [3.05, 3.63) is 59.9 Å². The van der Waals surface area contributed by atoms with Crippen molar-refractivity contribution in [1.82, 2.24) is 25.5 Å². The third-order valence-corrected chi connectivity index (χ3v) is 3.83. The van der Waals surface area contributed by atoms with Crippen LogP contribution in [0.1, 0.15) is 36.7 Å². The third-order valence-electron chi connectivity index (χ3n) is 3.83. The Bertz CT molecular complexity index is 974. The van der Waals surface area contributed by atoms with E-state index in [1.165, 1.54) is 23.1 Å². The van der Waals surface area contributed by atoms with Crippen molar-refractivity contribution < 1.29 is 18.0 Å². The van der Waals surface area contributed by atoms with Gasteiger partial charge in [-0.25, -0.2) is 4.68 Å². The van der Waals surface area contributed by atoms with Gasteiger partial charge in [0.1, 0.15) is 6.33 Å². The van der Waals surface area contributed by atoms with Gasteiger partial charge in [0, 0.05) is 11.1 Å². The maximum Gasteiger partial charge on any atom is 0.416 e. The topological polar surface area (TPSA) is 72.7 Å². The van der Waals surface area contributed by atoms with Crippen LogP contribution in [0.4, 0.5) is 13.2 Å². The standard InChI is InChI=1S/C19H18F3N5O/c1-18(2,3)24-17(28)14-8-13(9-16(10-14)27-11-23-25-26-27)12-4-6-15(7-5-12)19(20,21)22/h4-11H,1-3H3,(H,24,28). The van der Waals surface area contributed by atoms with Gasteiger partial charge < -0.3 is 5.32 Å². The van der Waals surface area contributed by atoms with E-state index >= 15 is 0 Å². The number of alkyl halides is 3. The van der Waals surface area contributed by atoms with Crippen LogP contribution < -0.4 is 5.32 Å². The summed E-state index contributed by atoms with van der Waals surface area (Å²) in [6.07, 6.45) is -3.04. The molecule has 0 radical (unpaired) electrons. The first-order valence-corrected chi connectivity index (χ1v) is 8.41. The van der Waals surface area contributed by atoms with Gasteiger partial charge in [-0.1, -0.05) is 12.1 Å². The van der Waals surface area contributed by atoms with Gasteiger partial charge in [0.2, 0.25) is 0 Å². The molecule has 1 heterocycles. The minimum Gasteiger partial charge on any atom is -0.347 e. The summed E-state index contributed by atoms with van der Waals surface area (Å²) in [6.45, 7) is 5.56. The monoisotopic (exact) mass is 389 g/mol. The van der Waals surface area contributed by atoms with Crippen LogP contribution in [-0.2, 0) is 6.18 Å². The number of rotatable bonds is 3. The molecule has 9 heteroatoms. The number of carbonyl (C=O) groups excluding carboxylic acids is 1. The van der Waals surface area contributed by atoms with Gasteiger partial charge in [0.05, 0.1) is 11.3 Å². The first-order chi connectivity index (χ1) is 13.0. The van der Waals surface area contributed by atoms with E-state index in [-0.39, 0.29) is 5.91 Å². The van der Waals surface area contributed by atoms with Gasteiger partial charge in [-0.3, -0.25) is 4.79 Å². The molecule has 0 aliphatic carbocycles. The fourth-order valence-electron chi connectivity index (χ4n) is 2.59. The zero-order valence-corrected chi connectivity index (χ0v) is 15.4. The molecule has 1 aromatic heterocycles. The SMILES string of the molecule is CC(C)(C)NC(=O)c1cc(-c2ccc(C(F)(F)F)cc2)cc(-n2cnnn2)c1. The molecule has 0 spiro atoms. The van der Waals surface area contributed by atoms with Crippen molar-refractivity contribution in [1.29, 1.82) is 0 Å². The fourth-order valence-corrected chi connectivity index (χ4v) is 2.59. The third kappa shape index (κ3) is 4.54. The average molecular weight is 389 g/mol. The fraction of sp³-hybridized carbons (Fsp3) is 0.263. The van der Waals surface area contributed by atoms with Gasteiger partial charge in [-0.05, 0) is 72.7 Å².